The third kappa shape index (κ3) is 21.8. The zero-order valence-corrected chi connectivity index (χ0v) is 19.0. The van der Waals surface area contributed by atoms with Crippen molar-refractivity contribution in [2.45, 2.75) is 110 Å². The molecule has 168 valence electrons. The summed E-state index contributed by atoms with van der Waals surface area (Å²) in [6, 6.07) is -0.367. The molecule has 0 saturated heterocycles. The molecule has 4 N–H and O–H groups in total. The number of carbonyl (C=O) groups excluding carboxylic acids is 1. The molecule has 28 heavy (non-hydrogen) atoms. The van der Waals surface area contributed by atoms with Gasteiger partial charge >= 0.3 is 108 Å². The number of nitrogens with one attached hydrogen (secondary N) is 1. The molecule has 0 radical (unpaired) electrons. The Hall–Kier alpha value is -0.520. The van der Waals surface area contributed by atoms with Gasteiger partial charge in [-0.05, 0) is 12.8 Å². The van der Waals surface area contributed by atoms with Gasteiger partial charge in [0.25, 0.3) is 0 Å². The van der Waals surface area contributed by atoms with Crippen LogP contribution in [-0.2, 0) is 9.32 Å². The Morgan fingerprint density at radius 2 is 1.39 bits per heavy atom. The molecular formula is C21H44NO5P. The van der Waals surface area contributed by atoms with E-state index in [4.69, 9.17) is 14.7 Å². The predicted molar refractivity (Wildman–Crippen MR) is 118 cm³/mol. The fourth-order valence-corrected chi connectivity index (χ4v) is 3.46. The van der Waals surface area contributed by atoms with Crippen molar-refractivity contribution in [3.05, 3.63) is 12.2 Å². The molecule has 0 fully saturated rings. The molecule has 7 heteroatoms. The normalized spacial score (nSPS) is 13.8. The van der Waals surface area contributed by atoms with Crippen LogP contribution in [0.3, 0.4) is 0 Å². The van der Waals surface area contributed by atoms with Gasteiger partial charge in [-0.15, -0.1) is 0 Å². The first-order valence-electron chi connectivity index (χ1n) is 11.1. The SMILES string of the molecule is CCCCCCCC/C=C\CCCCCCCC(=O)N[C@H](C)CO[PH](O)(O)O. The second kappa shape index (κ2) is 18.5. The summed E-state index contributed by atoms with van der Waals surface area (Å²) in [5.41, 5.74) is 0. The average Bonchev–Trinajstić information content (AvgIpc) is 2.62. The standard InChI is InChI=1S/C21H44NO5P/c1-3-4-5-6-7-8-9-10-11-12-13-14-15-16-17-18-21(23)22-20(2)19-27-28(24,25)26/h10-11,20,24-26,28H,3-9,12-19H2,1-2H3,(H,22,23)/b11-10-/t20-/m1/s1. The zero-order valence-electron chi connectivity index (χ0n) is 18.0. The first-order valence-corrected chi connectivity index (χ1v) is 12.9. The van der Waals surface area contributed by atoms with E-state index < -0.39 is 8.17 Å². The van der Waals surface area contributed by atoms with Gasteiger partial charge in [-0.2, -0.15) is 0 Å². The molecule has 0 unspecified atom stereocenters. The summed E-state index contributed by atoms with van der Waals surface area (Å²) in [6.45, 7) is 3.83. The maximum atomic E-state index is 11.8. The van der Waals surface area contributed by atoms with E-state index in [9.17, 15) is 4.79 Å². The molecule has 6 nitrogen and oxygen atoms in total. The summed E-state index contributed by atoms with van der Waals surface area (Å²) in [5.74, 6) is -0.0742. The summed E-state index contributed by atoms with van der Waals surface area (Å²) >= 11 is 0. The Labute approximate surface area is 172 Å². The molecule has 0 aliphatic rings. The average molecular weight is 422 g/mol. The summed E-state index contributed by atoms with van der Waals surface area (Å²) in [4.78, 5) is 38.1. The number of hydrogen-bond acceptors (Lipinski definition) is 5. The molecule has 0 aliphatic heterocycles. The van der Waals surface area contributed by atoms with Crippen molar-refractivity contribution >= 4 is 14.1 Å². The van der Waals surface area contributed by atoms with Gasteiger partial charge in [0.2, 0.25) is 0 Å². The summed E-state index contributed by atoms with van der Waals surface area (Å²) in [6.07, 6.45) is 21.0. The zero-order chi connectivity index (χ0) is 21.1. The van der Waals surface area contributed by atoms with Gasteiger partial charge in [0, 0.05) is 0 Å². The Balaban J connectivity index is 3.38. The molecule has 0 aromatic heterocycles. The minimum atomic E-state index is -4.49. The van der Waals surface area contributed by atoms with Crippen LogP contribution >= 0.6 is 8.17 Å². The molecule has 1 amide bonds. The first-order chi connectivity index (χ1) is 13.3. The Morgan fingerprint density at radius 1 is 0.893 bits per heavy atom. The van der Waals surface area contributed by atoms with Crippen LogP contribution in [0.1, 0.15) is 104 Å². The summed E-state index contributed by atoms with van der Waals surface area (Å²) < 4.78 is 4.51. The van der Waals surface area contributed by atoms with Crippen LogP contribution in [0.5, 0.6) is 0 Å². The molecule has 0 aliphatic carbocycles. The van der Waals surface area contributed by atoms with E-state index in [1.54, 1.807) is 6.92 Å². The number of carbonyl (C=O) groups is 1. The summed E-state index contributed by atoms with van der Waals surface area (Å²) in [5, 5.41) is 2.72. The van der Waals surface area contributed by atoms with Crippen LogP contribution in [0.25, 0.3) is 0 Å². The van der Waals surface area contributed by atoms with Gasteiger partial charge in [0.05, 0.1) is 0 Å². The van der Waals surface area contributed by atoms with Crippen molar-refractivity contribution in [1.29, 1.82) is 0 Å². The van der Waals surface area contributed by atoms with Gasteiger partial charge in [-0.25, -0.2) is 0 Å². The van der Waals surface area contributed by atoms with E-state index in [0.29, 0.717) is 6.42 Å². The van der Waals surface area contributed by atoms with Gasteiger partial charge in [0.15, 0.2) is 0 Å². The number of unbranched alkanes of at least 4 members (excludes halogenated alkanes) is 11. The fourth-order valence-electron chi connectivity index (χ4n) is 2.98. The topological polar surface area (TPSA) is 99.0 Å². The van der Waals surface area contributed by atoms with Crippen molar-refractivity contribution in [3.63, 3.8) is 0 Å². The van der Waals surface area contributed by atoms with E-state index in [2.05, 4.69) is 28.9 Å². The van der Waals surface area contributed by atoms with Gasteiger partial charge in [-0.1, -0.05) is 51.2 Å². The molecular weight excluding hydrogens is 377 g/mol. The van der Waals surface area contributed by atoms with E-state index in [1.807, 2.05) is 0 Å². The van der Waals surface area contributed by atoms with E-state index in [-0.39, 0.29) is 18.6 Å². The molecule has 0 bridgehead atoms. The second-order valence-corrected chi connectivity index (χ2v) is 9.12. The van der Waals surface area contributed by atoms with Crippen molar-refractivity contribution < 1.29 is 24.0 Å². The molecule has 1 atom stereocenters. The maximum absolute atomic E-state index is 11.8. The molecule has 0 spiro atoms. The van der Waals surface area contributed by atoms with Crippen LogP contribution in [0.15, 0.2) is 12.2 Å². The van der Waals surface area contributed by atoms with Crippen molar-refractivity contribution in [1.82, 2.24) is 5.32 Å². The Morgan fingerprint density at radius 3 is 1.93 bits per heavy atom. The molecule has 0 saturated carbocycles. The Bertz CT molecular complexity index is 399. The number of hydrogen-bond donors (Lipinski definition) is 4. The third-order valence-electron chi connectivity index (χ3n) is 4.60. The molecule has 0 heterocycles. The van der Waals surface area contributed by atoms with Crippen LogP contribution in [0.2, 0.25) is 0 Å². The molecule has 0 aromatic carbocycles. The van der Waals surface area contributed by atoms with E-state index in [1.165, 1.54) is 57.8 Å². The molecule has 0 aromatic rings. The van der Waals surface area contributed by atoms with Crippen LogP contribution in [0, 0.1) is 0 Å². The fraction of sp³-hybridized carbons (Fsp3) is 0.857. The summed E-state index contributed by atoms with van der Waals surface area (Å²) in [7, 11) is -4.49. The van der Waals surface area contributed by atoms with Crippen LogP contribution in [-0.4, -0.2) is 33.2 Å². The van der Waals surface area contributed by atoms with Gasteiger partial charge < -0.3 is 0 Å². The second-order valence-electron chi connectivity index (χ2n) is 7.69. The third-order valence-corrected chi connectivity index (χ3v) is 5.15. The number of rotatable bonds is 19. The van der Waals surface area contributed by atoms with Crippen molar-refractivity contribution in [2.24, 2.45) is 0 Å². The Kier molecular flexibility index (Phi) is 18.2. The molecule has 0 rings (SSSR count). The van der Waals surface area contributed by atoms with Gasteiger partial charge in [-0.3, -0.25) is 0 Å². The number of allylic oxidation sites excluding steroid dienone is 2. The quantitative estimate of drug-likeness (QED) is 0.135. The monoisotopic (exact) mass is 421 g/mol. The first kappa shape index (κ1) is 27.5. The van der Waals surface area contributed by atoms with Crippen molar-refractivity contribution in [2.75, 3.05) is 6.61 Å². The van der Waals surface area contributed by atoms with Crippen LogP contribution < -0.4 is 5.32 Å². The number of amides is 1. The predicted octanol–water partition coefficient (Wildman–Crippen LogP) is 4.93. The van der Waals surface area contributed by atoms with Gasteiger partial charge in [0.1, 0.15) is 0 Å². The van der Waals surface area contributed by atoms with E-state index >= 15 is 0 Å². The van der Waals surface area contributed by atoms with Crippen molar-refractivity contribution in [3.8, 4) is 0 Å². The van der Waals surface area contributed by atoms with Crippen LogP contribution in [0.4, 0.5) is 0 Å². The van der Waals surface area contributed by atoms with E-state index in [0.717, 1.165) is 25.7 Å². The minimum absolute atomic E-state index is 0.0742.